The number of carbonyl (C=O) groups excluding carboxylic acids is 1. The first kappa shape index (κ1) is 17.7. The zero-order valence-corrected chi connectivity index (χ0v) is 14.9. The summed E-state index contributed by atoms with van der Waals surface area (Å²) in [6.07, 6.45) is -0.231. The van der Waals surface area contributed by atoms with E-state index in [9.17, 15) is 9.59 Å². The first-order valence-electron chi connectivity index (χ1n) is 8.34. The maximum atomic E-state index is 12.5. The monoisotopic (exact) mass is 352 g/mol. The van der Waals surface area contributed by atoms with Gasteiger partial charge in [-0.2, -0.15) is 0 Å². The van der Waals surface area contributed by atoms with E-state index in [4.69, 9.17) is 9.15 Å². The molecule has 3 rings (SSSR count). The van der Waals surface area contributed by atoms with Gasteiger partial charge in [-0.3, -0.25) is 0 Å². The molecule has 0 saturated carbocycles. The smallest absolute Gasteiger partial charge is 0.346 e. The van der Waals surface area contributed by atoms with Crippen LogP contribution in [0.4, 0.5) is 0 Å². The fraction of sp³-hybridized carbons (Fsp3) is 0.238. The number of hydrogen-bond acceptors (Lipinski definition) is 5. The highest BCUT2D eigenvalue weighted by Crippen LogP contribution is 2.25. The van der Waals surface area contributed by atoms with Crippen LogP contribution in [-0.2, 0) is 16.0 Å². The summed E-state index contributed by atoms with van der Waals surface area (Å²) < 4.78 is 15.7. The highest BCUT2D eigenvalue weighted by molar-refractivity contribution is 5.82. The van der Waals surface area contributed by atoms with Gasteiger partial charge in [-0.25, -0.2) is 9.59 Å². The average molecular weight is 352 g/mol. The molecule has 0 aliphatic carbocycles. The number of esters is 1. The van der Waals surface area contributed by atoms with Crippen molar-refractivity contribution in [1.82, 2.24) is 0 Å². The summed E-state index contributed by atoms with van der Waals surface area (Å²) in [5, 5.41) is 0.841. The van der Waals surface area contributed by atoms with E-state index in [1.807, 2.05) is 43.3 Å². The van der Waals surface area contributed by atoms with Gasteiger partial charge in [-0.1, -0.05) is 30.3 Å². The van der Waals surface area contributed by atoms with Crippen molar-refractivity contribution in [2.24, 2.45) is 0 Å². The Balaban J connectivity index is 1.96. The molecule has 0 aliphatic rings. The number of methoxy groups -OCH3 is 1. The lowest BCUT2D eigenvalue weighted by molar-refractivity contribution is -0.147. The minimum Gasteiger partial charge on any atom is -0.479 e. The molecule has 26 heavy (non-hydrogen) atoms. The zero-order chi connectivity index (χ0) is 18.7. The molecule has 0 N–H and O–H groups in total. The lowest BCUT2D eigenvalue weighted by atomic mass is 10.00. The van der Waals surface area contributed by atoms with Gasteiger partial charge in [-0.15, -0.1) is 0 Å². The standard InChI is InChI=1S/C21H20O5/c1-13-17-10-9-16(25-14(2)20(22)24-3)12-19(17)26-21(23)18(13)11-15-7-5-4-6-8-15/h4-10,12,14H,11H2,1-3H3/t14-/m0/s1. The molecule has 5 nitrogen and oxygen atoms in total. The molecule has 0 spiro atoms. The molecule has 0 bridgehead atoms. The second kappa shape index (κ2) is 7.44. The Labute approximate surface area is 151 Å². The Morgan fingerprint density at radius 3 is 2.58 bits per heavy atom. The second-order valence-electron chi connectivity index (χ2n) is 6.10. The van der Waals surface area contributed by atoms with Gasteiger partial charge in [0.15, 0.2) is 6.10 Å². The van der Waals surface area contributed by atoms with Gasteiger partial charge in [-0.05, 0) is 37.1 Å². The van der Waals surface area contributed by atoms with Crippen molar-refractivity contribution in [2.45, 2.75) is 26.4 Å². The number of benzene rings is 2. The van der Waals surface area contributed by atoms with E-state index in [1.54, 1.807) is 19.1 Å². The summed E-state index contributed by atoms with van der Waals surface area (Å²) in [6.45, 7) is 3.51. The SMILES string of the molecule is COC(=O)[C@H](C)Oc1ccc2c(C)c(Cc3ccccc3)c(=O)oc2c1. The van der Waals surface area contributed by atoms with Gasteiger partial charge >= 0.3 is 11.6 Å². The van der Waals surface area contributed by atoms with E-state index >= 15 is 0 Å². The van der Waals surface area contributed by atoms with Crippen LogP contribution in [0.3, 0.4) is 0 Å². The van der Waals surface area contributed by atoms with E-state index < -0.39 is 12.1 Å². The molecule has 0 amide bonds. The first-order valence-corrected chi connectivity index (χ1v) is 8.34. The van der Waals surface area contributed by atoms with Crippen molar-refractivity contribution in [2.75, 3.05) is 7.11 Å². The van der Waals surface area contributed by atoms with Crippen LogP contribution in [0.2, 0.25) is 0 Å². The predicted molar refractivity (Wildman–Crippen MR) is 98.6 cm³/mol. The van der Waals surface area contributed by atoms with Crippen LogP contribution in [-0.4, -0.2) is 19.2 Å². The van der Waals surface area contributed by atoms with Crippen molar-refractivity contribution < 1.29 is 18.7 Å². The normalized spacial score (nSPS) is 12.0. The molecule has 5 heteroatoms. The fourth-order valence-corrected chi connectivity index (χ4v) is 2.87. The molecule has 134 valence electrons. The van der Waals surface area contributed by atoms with Crippen LogP contribution in [0.15, 0.2) is 57.7 Å². The van der Waals surface area contributed by atoms with Gasteiger partial charge in [0.25, 0.3) is 0 Å². The predicted octanol–water partition coefficient (Wildman–Crippen LogP) is 3.63. The number of ether oxygens (including phenoxy) is 2. The Morgan fingerprint density at radius 2 is 1.88 bits per heavy atom. The minimum absolute atomic E-state index is 0.364. The molecule has 1 aromatic heterocycles. The zero-order valence-electron chi connectivity index (χ0n) is 14.9. The molecule has 0 aliphatic heterocycles. The third-order valence-electron chi connectivity index (χ3n) is 4.33. The summed E-state index contributed by atoms with van der Waals surface area (Å²) in [7, 11) is 1.30. The number of carbonyl (C=O) groups is 1. The molecule has 0 unspecified atom stereocenters. The summed E-state index contributed by atoms with van der Waals surface area (Å²) in [4.78, 5) is 24.0. The second-order valence-corrected chi connectivity index (χ2v) is 6.10. The van der Waals surface area contributed by atoms with Crippen LogP contribution < -0.4 is 10.4 Å². The topological polar surface area (TPSA) is 65.7 Å². The molecule has 2 aromatic carbocycles. The molecule has 1 atom stereocenters. The average Bonchev–Trinajstić information content (AvgIpc) is 2.65. The number of hydrogen-bond donors (Lipinski definition) is 0. The van der Waals surface area contributed by atoms with Gasteiger partial charge in [0.05, 0.1) is 7.11 Å². The Bertz CT molecular complexity index is 988. The lowest BCUT2D eigenvalue weighted by Gasteiger charge is -2.13. The Kier molecular flexibility index (Phi) is 5.07. The highest BCUT2D eigenvalue weighted by atomic mass is 16.6. The van der Waals surface area contributed by atoms with Gasteiger partial charge in [0.1, 0.15) is 11.3 Å². The van der Waals surface area contributed by atoms with E-state index in [0.717, 1.165) is 16.5 Å². The van der Waals surface area contributed by atoms with E-state index in [0.29, 0.717) is 23.3 Å². The molecule has 0 radical (unpaired) electrons. The molecule has 3 aromatic rings. The maximum absolute atomic E-state index is 12.5. The summed E-state index contributed by atoms with van der Waals surface area (Å²) in [6, 6.07) is 15.0. The fourth-order valence-electron chi connectivity index (χ4n) is 2.87. The van der Waals surface area contributed by atoms with Crippen LogP contribution in [0, 0.1) is 6.92 Å². The van der Waals surface area contributed by atoms with Gasteiger partial charge in [0.2, 0.25) is 0 Å². The molecular formula is C21H20O5. The minimum atomic E-state index is -0.748. The van der Waals surface area contributed by atoms with Crippen molar-refractivity contribution in [3.8, 4) is 5.75 Å². The third kappa shape index (κ3) is 3.61. The van der Waals surface area contributed by atoms with Crippen molar-refractivity contribution in [3.05, 3.63) is 75.6 Å². The summed E-state index contributed by atoms with van der Waals surface area (Å²) in [5.41, 5.74) is 2.64. The van der Waals surface area contributed by atoms with Crippen LogP contribution in [0.25, 0.3) is 11.0 Å². The van der Waals surface area contributed by atoms with Crippen molar-refractivity contribution in [1.29, 1.82) is 0 Å². The van der Waals surface area contributed by atoms with E-state index in [2.05, 4.69) is 4.74 Å². The summed E-state index contributed by atoms with van der Waals surface area (Å²) in [5.74, 6) is -0.0327. The maximum Gasteiger partial charge on any atom is 0.346 e. The molecular weight excluding hydrogens is 332 g/mol. The number of rotatable bonds is 5. The summed E-state index contributed by atoms with van der Waals surface area (Å²) >= 11 is 0. The van der Waals surface area contributed by atoms with Crippen LogP contribution in [0.5, 0.6) is 5.75 Å². The Hall–Kier alpha value is -3.08. The van der Waals surface area contributed by atoms with E-state index in [-0.39, 0.29) is 5.63 Å². The van der Waals surface area contributed by atoms with E-state index in [1.165, 1.54) is 7.11 Å². The Morgan fingerprint density at radius 1 is 1.15 bits per heavy atom. The third-order valence-corrected chi connectivity index (χ3v) is 4.33. The highest BCUT2D eigenvalue weighted by Gasteiger charge is 2.17. The lowest BCUT2D eigenvalue weighted by Crippen LogP contribution is -2.24. The molecule has 1 heterocycles. The van der Waals surface area contributed by atoms with Crippen LogP contribution >= 0.6 is 0 Å². The van der Waals surface area contributed by atoms with Gasteiger partial charge < -0.3 is 13.9 Å². The van der Waals surface area contributed by atoms with Gasteiger partial charge in [0, 0.05) is 23.4 Å². The number of fused-ring (bicyclic) bond motifs is 1. The van der Waals surface area contributed by atoms with Crippen molar-refractivity contribution in [3.63, 3.8) is 0 Å². The molecule has 0 saturated heterocycles. The largest absolute Gasteiger partial charge is 0.479 e. The van der Waals surface area contributed by atoms with Crippen molar-refractivity contribution >= 4 is 16.9 Å². The van der Waals surface area contributed by atoms with Crippen LogP contribution in [0.1, 0.15) is 23.6 Å². The quantitative estimate of drug-likeness (QED) is 0.518. The first-order chi connectivity index (χ1) is 12.5. The number of aryl methyl sites for hydroxylation is 1. The molecule has 0 fully saturated rings.